The number of rotatable bonds is 7. The Bertz CT molecular complexity index is 902. The van der Waals surface area contributed by atoms with Crippen molar-refractivity contribution in [3.05, 3.63) is 48.0 Å². The van der Waals surface area contributed by atoms with Gasteiger partial charge in [0, 0.05) is 50.7 Å². The van der Waals surface area contributed by atoms with Gasteiger partial charge in [-0.05, 0) is 42.3 Å². The molecule has 0 bridgehead atoms. The van der Waals surface area contributed by atoms with Crippen LogP contribution in [0.4, 0.5) is 11.4 Å². The van der Waals surface area contributed by atoms with Crippen molar-refractivity contribution in [1.82, 2.24) is 5.32 Å². The van der Waals surface area contributed by atoms with Crippen molar-refractivity contribution in [1.29, 1.82) is 0 Å². The van der Waals surface area contributed by atoms with Gasteiger partial charge in [0.25, 0.3) is 0 Å². The van der Waals surface area contributed by atoms with Gasteiger partial charge in [0.15, 0.2) is 0 Å². The summed E-state index contributed by atoms with van der Waals surface area (Å²) in [5.74, 6) is 1.65. The first-order valence-corrected chi connectivity index (χ1v) is 10.7. The second-order valence-corrected chi connectivity index (χ2v) is 7.99. The van der Waals surface area contributed by atoms with E-state index in [0.29, 0.717) is 13.2 Å². The molecular formula is C24H31N3O4. The number of anilines is 2. The zero-order valence-corrected chi connectivity index (χ0v) is 18.5. The zero-order valence-electron chi connectivity index (χ0n) is 18.5. The SMILES string of the molecule is COCCNC(=O)[C@H]1Cc2ccc(OC)cc2N2CCN(c3ccc(OC)cc3)C[C@H]12. The minimum absolute atomic E-state index is 0.0815. The van der Waals surface area contributed by atoms with E-state index in [1.807, 2.05) is 18.2 Å². The Morgan fingerprint density at radius 2 is 1.77 bits per heavy atom. The molecule has 31 heavy (non-hydrogen) atoms. The molecule has 4 rings (SSSR count). The summed E-state index contributed by atoms with van der Waals surface area (Å²) in [6.07, 6.45) is 0.718. The van der Waals surface area contributed by atoms with Gasteiger partial charge in [-0.1, -0.05) is 6.07 Å². The van der Waals surface area contributed by atoms with Crippen molar-refractivity contribution in [2.24, 2.45) is 5.92 Å². The summed E-state index contributed by atoms with van der Waals surface area (Å²) < 4.78 is 15.9. The summed E-state index contributed by atoms with van der Waals surface area (Å²) in [5.41, 5.74) is 3.52. The van der Waals surface area contributed by atoms with E-state index in [1.54, 1.807) is 21.3 Å². The normalized spacial score (nSPS) is 20.0. The van der Waals surface area contributed by atoms with Gasteiger partial charge in [0.05, 0.1) is 32.8 Å². The molecule has 2 aromatic rings. The molecule has 7 heteroatoms. The molecule has 1 N–H and O–H groups in total. The Morgan fingerprint density at radius 3 is 2.48 bits per heavy atom. The first kappa shape index (κ1) is 21.3. The van der Waals surface area contributed by atoms with Crippen LogP contribution in [0.15, 0.2) is 42.5 Å². The van der Waals surface area contributed by atoms with E-state index >= 15 is 0 Å². The highest BCUT2D eigenvalue weighted by Gasteiger charge is 2.41. The standard InChI is InChI=1S/C24H31N3O4/c1-29-13-10-25-24(28)21-14-17-4-7-20(31-3)15-22(17)27-12-11-26(16-23(21)27)18-5-8-19(30-2)9-6-18/h4-9,15,21,23H,10-14,16H2,1-3H3,(H,25,28)/t21-,23+/m0/s1. The minimum atomic E-state index is -0.126. The molecule has 2 aliphatic rings. The number of fused-ring (bicyclic) bond motifs is 3. The Labute approximate surface area is 183 Å². The van der Waals surface area contributed by atoms with E-state index in [0.717, 1.165) is 43.2 Å². The van der Waals surface area contributed by atoms with Crippen molar-refractivity contribution in [2.75, 3.05) is 63.9 Å². The molecule has 0 aromatic heterocycles. The molecule has 1 amide bonds. The lowest BCUT2D eigenvalue weighted by molar-refractivity contribution is -0.126. The van der Waals surface area contributed by atoms with Gasteiger partial charge in [-0.15, -0.1) is 0 Å². The maximum atomic E-state index is 13.1. The van der Waals surface area contributed by atoms with E-state index in [2.05, 4.69) is 39.4 Å². The molecule has 2 aliphatic heterocycles. The second kappa shape index (κ2) is 9.47. The first-order chi connectivity index (χ1) is 15.1. The first-order valence-electron chi connectivity index (χ1n) is 10.7. The molecule has 2 atom stereocenters. The molecule has 0 spiro atoms. The topological polar surface area (TPSA) is 63.3 Å². The molecule has 7 nitrogen and oxygen atoms in total. The number of piperazine rings is 1. The maximum Gasteiger partial charge on any atom is 0.225 e. The fraction of sp³-hybridized carbons (Fsp3) is 0.458. The van der Waals surface area contributed by atoms with Crippen molar-refractivity contribution in [3.63, 3.8) is 0 Å². The molecule has 0 unspecified atom stereocenters. The lowest BCUT2D eigenvalue weighted by atomic mass is 9.83. The van der Waals surface area contributed by atoms with Crippen LogP contribution < -0.4 is 24.6 Å². The van der Waals surface area contributed by atoms with Crippen molar-refractivity contribution >= 4 is 17.3 Å². The monoisotopic (exact) mass is 425 g/mol. The highest BCUT2D eigenvalue weighted by molar-refractivity contribution is 5.82. The number of nitrogens with one attached hydrogen (secondary N) is 1. The van der Waals surface area contributed by atoms with Gasteiger partial charge in [-0.25, -0.2) is 0 Å². The smallest absolute Gasteiger partial charge is 0.225 e. The van der Waals surface area contributed by atoms with E-state index in [9.17, 15) is 4.79 Å². The molecule has 0 aliphatic carbocycles. The molecule has 2 heterocycles. The average molecular weight is 426 g/mol. The number of nitrogens with zero attached hydrogens (tertiary/aromatic N) is 2. The Hall–Kier alpha value is -2.93. The molecule has 1 saturated heterocycles. The number of ether oxygens (including phenoxy) is 3. The second-order valence-electron chi connectivity index (χ2n) is 7.99. The lowest BCUT2D eigenvalue weighted by Gasteiger charge is -2.49. The van der Waals surface area contributed by atoms with Gasteiger partial charge >= 0.3 is 0 Å². The third-order valence-electron chi connectivity index (χ3n) is 6.30. The van der Waals surface area contributed by atoms with Crippen LogP contribution in [0.5, 0.6) is 11.5 Å². The van der Waals surface area contributed by atoms with Crippen molar-refractivity contribution < 1.29 is 19.0 Å². The number of carbonyl (C=O) groups excluding carboxylic acids is 1. The maximum absolute atomic E-state index is 13.1. The van der Waals surface area contributed by atoms with Gasteiger partial charge < -0.3 is 29.3 Å². The van der Waals surface area contributed by atoms with Crippen LogP contribution in [-0.2, 0) is 16.0 Å². The minimum Gasteiger partial charge on any atom is -0.497 e. The summed E-state index contributed by atoms with van der Waals surface area (Å²) in [6, 6.07) is 14.4. The van der Waals surface area contributed by atoms with Crippen LogP contribution in [0.1, 0.15) is 5.56 Å². The van der Waals surface area contributed by atoms with Crippen LogP contribution in [-0.4, -0.2) is 66.1 Å². The predicted octanol–water partition coefficient (Wildman–Crippen LogP) is 2.33. The highest BCUT2D eigenvalue weighted by Crippen LogP contribution is 2.39. The lowest BCUT2D eigenvalue weighted by Crippen LogP contribution is -2.61. The summed E-state index contributed by atoms with van der Waals surface area (Å²) in [5, 5.41) is 3.06. The van der Waals surface area contributed by atoms with Crippen LogP contribution >= 0.6 is 0 Å². The third-order valence-corrected chi connectivity index (χ3v) is 6.30. The number of hydrogen-bond donors (Lipinski definition) is 1. The van der Waals surface area contributed by atoms with E-state index in [1.165, 1.54) is 11.3 Å². The fourth-order valence-electron chi connectivity index (χ4n) is 4.64. The fourth-order valence-corrected chi connectivity index (χ4v) is 4.64. The van der Waals surface area contributed by atoms with Gasteiger partial charge in [0.2, 0.25) is 5.91 Å². The predicted molar refractivity (Wildman–Crippen MR) is 121 cm³/mol. The van der Waals surface area contributed by atoms with Crippen molar-refractivity contribution in [3.8, 4) is 11.5 Å². The Kier molecular flexibility index (Phi) is 6.51. The molecule has 2 aromatic carbocycles. The van der Waals surface area contributed by atoms with Crippen LogP contribution in [0, 0.1) is 5.92 Å². The zero-order chi connectivity index (χ0) is 21.8. The molecule has 166 valence electrons. The number of hydrogen-bond acceptors (Lipinski definition) is 6. The van der Waals surface area contributed by atoms with Gasteiger partial charge in [-0.2, -0.15) is 0 Å². The van der Waals surface area contributed by atoms with Crippen LogP contribution in [0.3, 0.4) is 0 Å². The number of methoxy groups -OCH3 is 3. The third kappa shape index (κ3) is 4.42. The summed E-state index contributed by atoms with van der Waals surface area (Å²) in [7, 11) is 5.01. The number of amides is 1. The molecular weight excluding hydrogens is 394 g/mol. The Morgan fingerprint density at radius 1 is 1.03 bits per heavy atom. The van der Waals surface area contributed by atoms with Gasteiger partial charge in [-0.3, -0.25) is 4.79 Å². The van der Waals surface area contributed by atoms with E-state index in [-0.39, 0.29) is 17.9 Å². The van der Waals surface area contributed by atoms with E-state index < -0.39 is 0 Å². The molecule has 1 fully saturated rings. The Balaban J connectivity index is 1.61. The summed E-state index contributed by atoms with van der Waals surface area (Å²) in [4.78, 5) is 17.9. The molecule has 0 radical (unpaired) electrons. The highest BCUT2D eigenvalue weighted by atomic mass is 16.5. The average Bonchev–Trinajstić information content (AvgIpc) is 2.83. The molecule has 0 saturated carbocycles. The van der Waals surface area contributed by atoms with Gasteiger partial charge in [0.1, 0.15) is 11.5 Å². The number of benzene rings is 2. The van der Waals surface area contributed by atoms with E-state index in [4.69, 9.17) is 14.2 Å². The largest absolute Gasteiger partial charge is 0.497 e. The summed E-state index contributed by atoms with van der Waals surface area (Å²) in [6.45, 7) is 3.55. The summed E-state index contributed by atoms with van der Waals surface area (Å²) >= 11 is 0. The number of carbonyl (C=O) groups is 1. The van der Waals surface area contributed by atoms with Crippen LogP contribution in [0.2, 0.25) is 0 Å². The van der Waals surface area contributed by atoms with Crippen LogP contribution in [0.25, 0.3) is 0 Å². The quantitative estimate of drug-likeness (QED) is 0.687. The van der Waals surface area contributed by atoms with Crippen molar-refractivity contribution in [2.45, 2.75) is 12.5 Å².